The molecule has 3 aromatic rings. The first-order chi connectivity index (χ1) is 14.5. The van der Waals surface area contributed by atoms with E-state index >= 15 is 0 Å². The number of benzene rings is 1. The smallest absolute Gasteiger partial charge is 0.296 e. The first-order valence-electron chi connectivity index (χ1n) is 9.38. The average molecular weight is 404 g/mol. The maximum atomic E-state index is 13.0. The van der Waals surface area contributed by atoms with E-state index < -0.39 is 17.7 Å². The number of methoxy groups -OCH3 is 1. The Kier molecular flexibility index (Phi) is 5.10. The van der Waals surface area contributed by atoms with Gasteiger partial charge < -0.3 is 19.2 Å². The van der Waals surface area contributed by atoms with Gasteiger partial charge in [-0.15, -0.1) is 0 Å². The van der Waals surface area contributed by atoms with Gasteiger partial charge in [-0.25, -0.2) is 0 Å². The van der Waals surface area contributed by atoms with Crippen molar-refractivity contribution in [1.82, 2.24) is 9.88 Å². The van der Waals surface area contributed by atoms with Crippen LogP contribution in [0.1, 0.15) is 28.7 Å². The van der Waals surface area contributed by atoms with Crippen molar-refractivity contribution in [1.29, 1.82) is 0 Å². The number of Topliss-reactive ketones (excluding diaryl/α,β-unsaturated/α-hetero) is 1. The second-order valence-corrected chi connectivity index (χ2v) is 6.92. The monoisotopic (exact) mass is 404 g/mol. The van der Waals surface area contributed by atoms with Crippen molar-refractivity contribution < 1.29 is 23.8 Å². The highest BCUT2D eigenvalue weighted by molar-refractivity contribution is 6.46. The Balaban J connectivity index is 1.85. The number of carbonyl (C=O) groups is 2. The molecule has 1 unspecified atom stereocenters. The average Bonchev–Trinajstić information content (AvgIpc) is 3.30. The molecular weight excluding hydrogens is 384 g/mol. The van der Waals surface area contributed by atoms with Gasteiger partial charge in [0.05, 0.1) is 19.2 Å². The molecule has 152 valence electrons. The van der Waals surface area contributed by atoms with Crippen LogP contribution in [-0.4, -0.2) is 33.8 Å². The van der Waals surface area contributed by atoms with Crippen LogP contribution in [0.3, 0.4) is 0 Å². The molecule has 7 heteroatoms. The molecule has 1 aliphatic heterocycles. The van der Waals surface area contributed by atoms with E-state index in [1.165, 1.54) is 17.3 Å². The van der Waals surface area contributed by atoms with Gasteiger partial charge in [-0.05, 0) is 37.3 Å². The number of hydrogen-bond acceptors (Lipinski definition) is 6. The predicted molar refractivity (Wildman–Crippen MR) is 109 cm³/mol. The maximum absolute atomic E-state index is 13.0. The number of ether oxygens (including phenoxy) is 1. The van der Waals surface area contributed by atoms with Crippen LogP contribution in [0, 0.1) is 6.92 Å². The molecule has 1 saturated heterocycles. The van der Waals surface area contributed by atoms with Gasteiger partial charge in [0.15, 0.2) is 0 Å². The van der Waals surface area contributed by atoms with Crippen molar-refractivity contribution in [3.63, 3.8) is 0 Å². The number of furan rings is 1. The third-order valence-electron chi connectivity index (χ3n) is 5.06. The van der Waals surface area contributed by atoms with Gasteiger partial charge >= 0.3 is 0 Å². The number of ketones is 1. The zero-order chi connectivity index (χ0) is 21.3. The number of hydrogen-bond donors (Lipinski definition) is 1. The van der Waals surface area contributed by atoms with Gasteiger partial charge in [-0.1, -0.05) is 18.2 Å². The van der Waals surface area contributed by atoms with E-state index in [1.807, 2.05) is 18.2 Å². The zero-order valence-corrected chi connectivity index (χ0v) is 16.5. The van der Waals surface area contributed by atoms with Crippen LogP contribution in [0.5, 0.6) is 5.75 Å². The number of pyridine rings is 1. The number of nitrogens with zero attached hydrogens (tertiary/aromatic N) is 2. The number of aliphatic hydroxyl groups is 1. The number of amides is 1. The molecule has 2 aromatic heterocycles. The van der Waals surface area contributed by atoms with Crippen LogP contribution in [-0.2, 0) is 16.1 Å². The third-order valence-corrected chi connectivity index (χ3v) is 5.06. The summed E-state index contributed by atoms with van der Waals surface area (Å²) in [6.45, 7) is 1.89. The molecule has 1 aliphatic rings. The summed E-state index contributed by atoms with van der Waals surface area (Å²) < 4.78 is 11.2. The Labute approximate surface area is 173 Å². The first kappa shape index (κ1) is 19.4. The highest BCUT2D eigenvalue weighted by atomic mass is 16.5. The minimum absolute atomic E-state index is 0.0181. The van der Waals surface area contributed by atoms with E-state index in [2.05, 4.69) is 4.98 Å². The Hall–Kier alpha value is -3.87. The van der Waals surface area contributed by atoms with Crippen LogP contribution >= 0.6 is 0 Å². The van der Waals surface area contributed by atoms with E-state index in [9.17, 15) is 14.7 Å². The number of aliphatic hydroxyl groups excluding tert-OH is 1. The van der Waals surface area contributed by atoms with Gasteiger partial charge in [-0.3, -0.25) is 14.6 Å². The minimum atomic E-state index is -0.864. The highest BCUT2D eigenvalue weighted by Gasteiger charge is 2.47. The molecule has 4 rings (SSSR count). The second kappa shape index (κ2) is 7.87. The lowest BCUT2D eigenvalue weighted by molar-refractivity contribution is -0.140. The molecule has 1 aromatic carbocycles. The number of aromatic nitrogens is 1. The lowest BCUT2D eigenvalue weighted by Crippen LogP contribution is -2.29. The topological polar surface area (TPSA) is 92.9 Å². The number of likely N-dealkylation sites (tertiary alicyclic amines) is 1. The normalized spacial score (nSPS) is 18.1. The van der Waals surface area contributed by atoms with Crippen molar-refractivity contribution in [3.8, 4) is 5.75 Å². The second-order valence-electron chi connectivity index (χ2n) is 6.92. The molecule has 0 spiro atoms. The molecule has 0 saturated carbocycles. The summed E-state index contributed by atoms with van der Waals surface area (Å²) in [4.78, 5) is 31.3. The molecule has 1 amide bonds. The quantitative estimate of drug-likeness (QED) is 0.397. The summed E-state index contributed by atoms with van der Waals surface area (Å²) in [5, 5.41) is 10.9. The number of para-hydroxylation sites is 1. The van der Waals surface area contributed by atoms with Gasteiger partial charge in [-0.2, -0.15) is 0 Å². The summed E-state index contributed by atoms with van der Waals surface area (Å²) in [5.74, 6) is -0.108. The summed E-state index contributed by atoms with van der Waals surface area (Å²) in [6.07, 6.45) is 3.01. The Morgan fingerprint density at radius 3 is 2.53 bits per heavy atom. The lowest BCUT2D eigenvalue weighted by atomic mass is 9.99. The molecule has 0 radical (unpaired) electrons. The molecule has 1 N–H and O–H groups in total. The van der Waals surface area contributed by atoms with E-state index in [0.717, 1.165) is 5.56 Å². The molecule has 30 heavy (non-hydrogen) atoms. The molecule has 1 atom stereocenters. The van der Waals surface area contributed by atoms with Gasteiger partial charge in [0, 0.05) is 23.5 Å². The molecule has 0 bridgehead atoms. The van der Waals surface area contributed by atoms with E-state index in [-0.39, 0.29) is 17.9 Å². The van der Waals surface area contributed by atoms with Crippen molar-refractivity contribution in [3.05, 3.63) is 89.1 Å². The molecule has 0 aliphatic carbocycles. The molecule has 1 fully saturated rings. The fourth-order valence-electron chi connectivity index (χ4n) is 3.62. The molecule has 3 heterocycles. The molecule has 7 nitrogen and oxygen atoms in total. The van der Waals surface area contributed by atoms with Crippen LogP contribution in [0.4, 0.5) is 0 Å². The largest absolute Gasteiger partial charge is 0.507 e. The van der Waals surface area contributed by atoms with Crippen molar-refractivity contribution >= 4 is 17.4 Å². The van der Waals surface area contributed by atoms with Crippen LogP contribution in [0.15, 0.2) is 70.9 Å². The number of carbonyl (C=O) groups excluding carboxylic acids is 2. The highest BCUT2D eigenvalue weighted by Crippen LogP contribution is 2.41. The van der Waals surface area contributed by atoms with E-state index in [0.29, 0.717) is 22.8 Å². The van der Waals surface area contributed by atoms with Crippen LogP contribution < -0.4 is 4.74 Å². The minimum Gasteiger partial charge on any atom is -0.507 e. The number of aryl methyl sites for hydroxylation is 1. The Morgan fingerprint density at radius 1 is 1.13 bits per heavy atom. The van der Waals surface area contributed by atoms with Gasteiger partial charge in [0.25, 0.3) is 11.7 Å². The van der Waals surface area contributed by atoms with Crippen molar-refractivity contribution in [2.75, 3.05) is 7.11 Å². The van der Waals surface area contributed by atoms with Crippen LogP contribution in [0.25, 0.3) is 5.76 Å². The first-order valence-corrected chi connectivity index (χ1v) is 9.38. The number of rotatable bonds is 5. The Bertz CT molecular complexity index is 1130. The fraction of sp³-hybridized carbons (Fsp3) is 0.174. The molecular formula is C23H20N2O5. The summed E-state index contributed by atoms with van der Waals surface area (Å²) in [5.41, 5.74) is 1.11. The van der Waals surface area contributed by atoms with Crippen molar-refractivity contribution in [2.45, 2.75) is 19.5 Å². The summed E-state index contributed by atoms with van der Waals surface area (Å²) in [7, 11) is 1.55. The maximum Gasteiger partial charge on any atom is 0.296 e. The van der Waals surface area contributed by atoms with Crippen LogP contribution in [0.2, 0.25) is 0 Å². The Morgan fingerprint density at radius 2 is 1.87 bits per heavy atom. The van der Waals surface area contributed by atoms with Gasteiger partial charge in [0.1, 0.15) is 29.1 Å². The van der Waals surface area contributed by atoms with Gasteiger partial charge in [0.2, 0.25) is 0 Å². The third kappa shape index (κ3) is 3.34. The predicted octanol–water partition coefficient (Wildman–Crippen LogP) is 3.61. The van der Waals surface area contributed by atoms with E-state index in [1.54, 1.807) is 44.4 Å². The zero-order valence-electron chi connectivity index (χ0n) is 16.5. The fourth-order valence-corrected chi connectivity index (χ4v) is 3.62. The SMILES string of the molecule is COc1ccccc1CN1C(=O)C(=O)/C(=C(/O)c2ccncc2)C1c1ccc(C)o1. The van der Waals surface area contributed by atoms with Crippen molar-refractivity contribution in [2.24, 2.45) is 0 Å². The summed E-state index contributed by atoms with van der Waals surface area (Å²) >= 11 is 0. The standard InChI is InChI=1S/C23H20N2O5/c1-14-7-8-18(30-14)20-19(21(26)15-9-11-24-12-10-15)22(27)23(28)25(20)13-16-5-3-4-6-17(16)29-2/h3-12,20,26H,13H2,1-2H3/b21-19+. The van der Waals surface area contributed by atoms with E-state index in [4.69, 9.17) is 9.15 Å². The lowest BCUT2D eigenvalue weighted by Gasteiger charge is -2.24. The summed E-state index contributed by atoms with van der Waals surface area (Å²) in [6, 6.07) is 13.0.